The van der Waals surface area contributed by atoms with Crippen molar-refractivity contribution in [1.82, 2.24) is 9.62 Å². The highest BCUT2D eigenvalue weighted by Crippen LogP contribution is 2.28. The summed E-state index contributed by atoms with van der Waals surface area (Å²) < 4.78 is 28.1. The Morgan fingerprint density at radius 3 is 2.58 bits per heavy atom. The molecule has 0 spiro atoms. The monoisotopic (exact) mass is 451 g/mol. The fraction of sp³-hybridized carbons (Fsp3) is 0.208. The van der Waals surface area contributed by atoms with Gasteiger partial charge >= 0.3 is 0 Å². The average molecular weight is 452 g/mol. The van der Waals surface area contributed by atoms with Crippen molar-refractivity contribution in [2.24, 2.45) is 0 Å². The molecule has 0 radical (unpaired) electrons. The Balaban J connectivity index is 1.37. The minimum absolute atomic E-state index is 0.125. The first-order chi connectivity index (χ1) is 14.9. The predicted octanol–water partition coefficient (Wildman–Crippen LogP) is 4.43. The quantitative estimate of drug-likeness (QED) is 0.601. The zero-order valence-electron chi connectivity index (χ0n) is 16.8. The Hall–Kier alpha value is -2.69. The van der Waals surface area contributed by atoms with E-state index in [1.165, 1.54) is 17.7 Å². The van der Waals surface area contributed by atoms with Crippen molar-refractivity contribution in [3.05, 3.63) is 88.9 Å². The summed E-state index contributed by atoms with van der Waals surface area (Å²) in [6.45, 7) is 2.21. The highest BCUT2D eigenvalue weighted by atomic mass is 35.5. The van der Waals surface area contributed by atoms with E-state index in [0.29, 0.717) is 12.1 Å². The van der Waals surface area contributed by atoms with Crippen LogP contribution in [0, 0.1) is 11.3 Å². The zero-order chi connectivity index (χ0) is 21.8. The summed E-state index contributed by atoms with van der Waals surface area (Å²) in [5, 5.41) is 9.73. The normalized spacial score (nSPS) is 16.8. The molecule has 0 amide bonds. The number of hydrogen-bond acceptors (Lipinski definition) is 4. The molecule has 1 aliphatic heterocycles. The van der Waals surface area contributed by atoms with Gasteiger partial charge in [0.05, 0.1) is 16.5 Å². The van der Waals surface area contributed by atoms with Gasteiger partial charge in [-0.3, -0.25) is 4.90 Å². The molecule has 0 bridgehead atoms. The van der Waals surface area contributed by atoms with E-state index in [9.17, 15) is 8.42 Å². The molecule has 1 aliphatic rings. The van der Waals surface area contributed by atoms with E-state index in [1.807, 2.05) is 30.3 Å². The van der Waals surface area contributed by atoms with E-state index < -0.39 is 10.0 Å². The van der Waals surface area contributed by atoms with Crippen LogP contribution in [-0.2, 0) is 16.6 Å². The van der Waals surface area contributed by atoms with Crippen LogP contribution in [0.2, 0.25) is 5.02 Å². The Kier molecular flexibility index (Phi) is 6.40. The van der Waals surface area contributed by atoms with E-state index in [4.69, 9.17) is 16.9 Å². The van der Waals surface area contributed by atoms with Crippen LogP contribution in [0.25, 0.3) is 11.1 Å². The van der Waals surface area contributed by atoms with Gasteiger partial charge in [-0.05, 0) is 41.8 Å². The summed E-state index contributed by atoms with van der Waals surface area (Å²) in [7, 11) is -3.65. The fourth-order valence-electron chi connectivity index (χ4n) is 3.84. The maximum absolute atomic E-state index is 12.7. The van der Waals surface area contributed by atoms with Gasteiger partial charge in [-0.1, -0.05) is 60.1 Å². The van der Waals surface area contributed by atoms with Crippen LogP contribution in [0.1, 0.15) is 17.5 Å². The predicted molar refractivity (Wildman–Crippen MR) is 122 cm³/mol. The Morgan fingerprint density at radius 2 is 1.84 bits per heavy atom. The summed E-state index contributed by atoms with van der Waals surface area (Å²) in [4.78, 5) is 2.36. The smallest absolute Gasteiger partial charge is 0.240 e. The number of benzene rings is 3. The molecule has 0 aromatic heterocycles. The number of halogens is 1. The highest BCUT2D eigenvalue weighted by molar-refractivity contribution is 7.89. The average Bonchev–Trinajstić information content (AvgIpc) is 3.21. The summed E-state index contributed by atoms with van der Waals surface area (Å²) >= 11 is 6.29. The fourth-order valence-corrected chi connectivity index (χ4v) is 5.39. The molecule has 1 fully saturated rings. The van der Waals surface area contributed by atoms with Crippen LogP contribution in [0.4, 0.5) is 0 Å². The SMILES string of the molecule is N#Cc1cccc(S(=O)(=O)N[C@@H]2CCN(Cc3ccc(-c4ccccc4Cl)cc3)C2)c1. The van der Waals surface area contributed by atoms with Crippen molar-refractivity contribution in [2.45, 2.75) is 23.9 Å². The molecule has 31 heavy (non-hydrogen) atoms. The molecule has 0 aliphatic carbocycles. The van der Waals surface area contributed by atoms with Crippen molar-refractivity contribution in [2.75, 3.05) is 13.1 Å². The molecule has 1 heterocycles. The molecule has 5 nitrogen and oxygen atoms in total. The minimum atomic E-state index is -3.65. The molecule has 1 saturated heterocycles. The number of nitrogens with one attached hydrogen (secondary N) is 1. The van der Waals surface area contributed by atoms with E-state index in [-0.39, 0.29) is 10.9 Å². The van der Waals surface area contributed by atoms with Crippen molar-refractivity contribution < 1.29 is 8.42 Å². The maximum atomic E-state index is 12.7. The van der Waals surface area contributed by atoms with E-state index in [2.05, 4.69) is 33.9 Å². The largest absolute Gasteiger partial charge is 0.297 e. The second kappa shape index (κ2) is 9.21. The number of likely N-dealkylation sites (tertiary alicyclic amines) is 1. The first-order valence-electron chi connectivity index (χ1n) is 10.0. The van der Waals surface area contributed by atoms with Gasteiger partial charge in [-0.15, -0.1) is 0 Å². The van der Waals surface area contributed by atoms with Crippen molar-refractivity contribution in [3.63, 3.8) is 0 Å². The lowest BCUT2D eigenvalue weighted by molar-refractivity contribution is 0.324. The summed E-state index contributed by atoms with van der Waals surface area (Å²) in [6.07, 6.45) is 0.745. The van der Waals surface area contributed by atoms with Gasteiger partial charge in [0.15, 0.2) is 0 Å². The van der Waals surface area contributed by atoms with Gasteiger partial charge in [0.2, 0.25) is 10.0 Å². The lowest BCUT2D eigenvalue weighted by Crippen LogP contribution is -2.37. The second-order valence-electron chi connectivity index (χ2n) is 7.66. The lowest BCUT2D eigenvalue weighted by Gasteiger charge is -2.17. The van der Waals surface area contributed by atoms with Gasteiger partial charge in [0.25, 0.3) is 0 Å². The van der Waals surface area contributed by atoms with Crippen LogP contribution in [0.3, 0.4) is 0 Å². The highest BCUT2D eigenvalue weighted by Gasteiger charge is 2.27. The van der Waals surface area contributed by atoms with Gasteiger partial charge in [0, 0.05) is 36.3 Å². The molecule has 7 heteroatoms. The van der Waals surface area contributed by atoms with Gasteiger partial charge in [-0.25, -0.2) is 13.1 Å². The Bertz CT molecular complexity index is 1220. The topological polar surface area (TPSA) is 73.2 Å². The van der Waals surface area contributed by atoms with Crippen LogP contribution in [0.5, 0.6) is 0 Å². The molecule has 158 valence electrons. The first-order valence-corrected chi connectivity index (χ1v) is 11.9. The molecule has 0 saturated carbocycles. The molecular formula is C24H22ClN3O2S. The van der Waals surface area contributed by atoms with Crippen LogP contribution >= 0.6 is 11.6 Å². The van der Waals surface area contributed by atoms with Crippen LogP contribution in [0.15, 0.2) is 77.7 Å². The summed E-state index contributed by atoms with van der Waals surface area (Å²) in [6, 6.07) is 24.0. The van der Waals surface area contributed by atoms with Crippen LogP contribution in [-0.4, -0.2) is 32.4 Å². The third kappa shape index (κ3) is 5.15. The summed E-state index contributed by atoms with van der Waals surface area (Å²) in [5.41, 5.74) is 3.57. The summed E-state index contributed by atoms with van der Waals surface area (Å²) in [5.74, 6) is 0. The van der Waals surface area contributed by atoms with Crippen LogP contribution < -0.4 is 4.72 Å². The Morgan fingerprint density at radius 1 is 1.06 bits per heavy atom. The van der Waals surface area contributed by atoms with E-state index >= 15 is 0 Å². The molecule has 0 unspecified atom stereocenters. The lowest BCUT2D eigenvalue weighted by atomic mass is 10.0. The first kappa shape index (κ1) is 21.5. The number of nitriles is 1. The van der Waals surface area contributed by atoms with Gasteiger partial charge < -0.3 is 0 Å². The number of rotatable bonds is 6. The second-order valence-corrected chi connectivity index (χ2v) is 9.78. The van der Waals surface area contributed by atoms with Crippen molar-refractivity contribution >= 4 is 21.6 Å². The molecule has 3 aromatic rings. The Labute approximate surface area is 187 Å². The van der Waals surface area contributed by atoms with Crippen molar-refractivity contribution in [1.29, 1.82) is 5.26 Å². The van der Waals surface area contributed by atoms with E-state index in [1.54, 1.807) is 12.1 Å². The third-order valence-electron chi connectivity index (χ3n) is 5.41. The standard InChI is InChI=1S/C24H22ClN3O2S/c25-24-7-2-1-6-23(24)20-10-8-18(9-11-20)16-28-13-12-21(17-28)27-31(29,30)22-5-3-4-19(14-22)15-26/h1-11,14,21,27H,12-13,16-17H2/t21-/m1/s1. The maximum Gasteiger partial charge on any atom is 0.240 e. The molecule has 1 N–H and O–H groups in total. The molecule has 1 atom stereocenters. The van der Waals surface area contributed by atoms with Gasteiger partial charge in [-0.2, -0.15) is 5.26 Å². The van der Waals surface area contributed by atoms with Crippen molar-refractivity contribution in [3.8, 4) is 17.2 Å². The number of hydrogen-bond donors (Lipinski definition) is 1. The van der Waals surface area contributed by atoms with Gasteiger partial charge in [0.1, 0.15) is 0 Å². The molecule has 3 aromatic carbocycles. The molecular weight excluding hydrogens is 430 g/mol. The minimum Gasteiger partial charge on any atom is -0.297 e. The van der Waals surface area contributed by atoms with E-state index in [0.717, 1.165) is 35.7 Å². The number of nitrogens with zero attached hydrogens (tertiary/aromatic N) is 2. The zero-order valence-corrected chi connectivity index (χ0v) is 18.4. The third-order valence-corrected chi connectivity index (χ3v) is 7.26. The molecule has 4 rings (SSSR count). The number of sulfonamides is 1.